The molecule has 0 spiro atoms. The Morgan fingerprint density at radius 1 is 1.25 bits per heavy atom. The van der Waals surface area contributed by atoms with Crippen LogP contribution >= 0.6 is 11.3 Å². The molecule has 24 heavy (non-hydrogen) atoms. The molecular weight excluding hydrogens is 324 g/mol. The lowest BCUT2D eigenvalue weighted by atomic mass is 10.2. The van der Waals surface area contributed by atoms with E-state index in [1.54, 1.807) is 29.7 Å². The predicted octanol–water partition coefficient (Wildman–Crippen LogP) is 2.93. The molecule has 0 saturated heterocycles. The Morgan fingerprint density at radius 3 is 2.96 bits per heavy atom. The highest BCUT2D eigenvalue weighted by molar-refractivity contribution is 7.22. The fraction of sp³-hybridized carbons (Fsp3) is 0.235. The summed E-state index contributed by atoms with van der Waals surface area (Å²) in [5.41, 5.74) is 1.52. The van der Waals surface area contributed by atoms with Gasteiger partial charge in [0.2, 0.25) is 5.88 Å². The van der Waals surface area contributed by atoms with Crippen molar-refractivity contribution in [3.8, 4) is 5.88 Å². The summed E-state index contributed by atoms with van der Waals surface area (Å²) in [5, 5.41) is 6.95. The minimum Gasteiger partial charge on any atom is -0.478 e. The fourth-order valence-corrected chi connectivity index (χ4v) is 3.06. The van der Waals surface area contributed by atoms with Gasteiger partial charge >= 0.3 is 0 Å². The van der Waals surface area contributed by atoms with Gasteiger partial charge < -0.3 is 15.4 Å². The summed E-state index contributed by atoms with van der Waals surface area (Å²) in [6, 6.07) is 11.3. The Labute approximate surface area is 143 Å². The number of amides is 1. The number of pyridine rings is 1. The predicted molar refractivity (Wildman–Crippen MR) is 95.8 cm³/mol. The number of nitrogens with zero attached hydrogens (tertiary/aromatic N) is 2. The average molecular weight is 342 g/mol. The van der Waals surface area contributed by atoms with Crippen LogP contribution in [0.15, 0.2) is 42.6 Å². The highest BCUT2D eigenvalue weighted by atomic mass is 32.1. The first-order valence-electron chi connectivity index (χ1n) is 7.73. The smallest absolute Gasteiger partial charge is 0.251 e. The molecule has 3 rings (SSSR count). The molecule has 0 saturated carbocycles. The van der Waals surface area contributed by atoms with Crippen LogP contribution in [0.25, 0.3) is 10.2 Å². The number of nitrogens with one attached hydrogen (secondary N) is 2. The van der Waals surface area contributed by atoms with Crippen LogP contribution in [0.1, 0.15) is 17.3 Å². The number of aromatic nitrogens is 2. The van der Waals surface area contributed by atoms with Crippen LogP contribution in [0, 0.1) is 0 Å². The zero-order valence-corrected chi connectivity index (χ0v) is 14.1. The van der Waals surface area contributed by atoms with E-state index in [-0.39, 0.29) is 5.91 Å². The lowest BCUT2D eigenvalue weighted by Crippen LogP contribution is -2.28. The highest BCUT2D eigenvalue weighted by Crippen LogP contribution is 2.24. The fourth-order valence-electron chi connectivity index (χ4n) is 2.17. The third-order valence-electron chi connectivity index (χ3n) is 3.27. The second-order valence-corrected chi connectivity index (χ2v) is 6.02. The number of hydrogen-bond donors (Lipinski definition) is 2. The number of rotatable bonds is 7. The second-order valence-electron chi connectivity index (χ2n) is 4.99. The molecule has 0 bridgehead atoms. The molecule has 2 N–H and O–H groups in total. The van der Waals surface area contributed by atoms with E-state index in [1.807, 2.05) is 31.2 Å². The van der Waals surface area contributed by atoms with E-state index in [2.05, 4.69) is 20.6 Å². The van der Waals surface area contributed by atoms with E-state index in [4.69, 9.17) is 4.74 Å². The van der Waals surface area contributed by atoms with Crippen molar-refractivity contribution in [2.75, 3.05) is 25.0 Å². The Kier molecular flexibility index (Phi) is 5.22. The van der Waals surface area contributed by atoms with Gasteiger partial charge in [-0.2, -0.15) is 0 Å². The lowest BCUT2D eigenvalue weighted by Gasteiger charge is -2.07. The van der Waals surface area contributed by atoms with E-state index in [1.165, 1.54) is 0 Å². The van der Waals surface area contributed by atoms with Crippen molar-refractivity contribution in [2.24, 2.45) is 0 Å². The maximum absolute atomic E-state index is 12.1. The van der Waals surface area contributed by atoms with Crippen molar-refractivity contribution in [1.29, 1.82) is 0 Å². The van der Waals surface area contributed by atoms with Gasteiger partial charge in [0.15, 0.2) is 5.13 Å². The maximum atomic E-state index is 12.1. The number of anilines is 1. The first-order chi connectivity index (χ1) is 11.8. The highest BCUT2D eigenvalue weighted by Gasteiger charge is 2.07. The van der Waals surface area contributed by atoms with E-state index in [0.29, 0.717) is 31.1 Å². The maximum Gasteiger partial charge on any atom is 0.251 e. The van der Waals surface area contributed by atoms with Gasteiger partial charge in [-0.3, -0.25) is 4.79 Å². The Morgan fingerprint density at radius 2 is 2.12 bits per heavy atom. The molecule has 1 amide bonds. The van der Waals surface area contributed by atoms with Crippen LogP contribution in [0.4, 0.5) is 5.13 Å². The summed E-state index contributed by atoms with van der Waals surface area (Å²) in [5.74, 6) is 0.308. The van der Waals surface area contributed by atoms with Gasteiger partial charge in [-0.15, -0.1) is 0 Å². The minimum absolute atomic E-state index is 0.149. The first-order valence-corrected chi connectivity index (χ1v) is 8.54. The summed E-state index contributed by atoms with van der Waals surface area (Å²) >= 11 is 1.60. The Bertz CT molecular complexity index is 801. The van der Waals surface area contributed by atoms with E-state index >= 15 is 0 Å². The van der Waals surface area contributed by atoms with Crippen LogP contribution in [-0.2, 0) is 0 Å². The van der Waals surface area contributed by atoms with Gasteiger partial charge in [-0.1, -0.05) is 23.5 Å². The molecule has 124 valence electrons. The average Bonchev–Trinajstić information content (AvgIpc) is 3.02. The molecule has 0 aliphatic carbocycles. The van der Waals surface area contributed by atoms with Crippen molar-refractivity contribution in [3.05, 3.63) is 48.2 Å². The first kappa shape index (κ1) is 16.2. The molecule has 2 heterocycles. The summed E-state index contributed by atoms with van der Waals surface area (Å²) in [6.07, 6.45) is 1.57. The zero-order valence-electron chi connectivity index (χ0n) is 13.3. The van der Waals surface area contributed by atoms with Crippen LogP contribution < -0.4 is 15.4 Å². The number of benzene rings is 1. The van der Waals surface area contributed by atoms with Crippen molar-refractivity contribution < 1.29 is 9.53 Å². The molecule has 0 aliphatic heterocycles. The number of fused-ring (bicyclic) bond motifs is 1. The molecule has 1 aromatic carbocycles. The van der Waals surface area contributed by atoms with Crippen molar-refractivity contribution in [1.82, 2.24) is 15.3 Å². The molecule has 0 aliphatic rings. The summed E-state index contributed by atoms with van der Waals surface area (Å²) in [4.78, 5) is 20.7. The van der Waals surface area contributed by atoms with Gasteiger partial charge in [0, 0.05) is 30.9 Å². The standard InChI is InChI=1S/C17H18N4O2S/c1-2-23-15-11-12(7-8-18-15)16(22)19-9-10-20-17-21-13-5-3-4-6-14(13)24-17/h3-8,11H,2,9-10H2,1H3,(H,19,22)(H,20,21). The molecule has 3 aromatic rings. The molecule has 2 aromatic heterocycles. The van der Waals surface area contributed by atoms with Gasteiger partial charge in [-0.05, 0) is 25.1 Å². The van der Waals surface area contributed by atoms with Crippen molar-refractivity contribution in [2.45, 2.75) is 6.92 Å². The van der Waals surface area contributed by atoms with E-state index < -0.39 is 0 Å². The zero-order chi connectivity index (χ0) is 16.8. The van der Waals surface area contributed by atoms with Crippen LogP contribution in [0.2, 0.25) is 0 Å². The van der Waals surface area contributed by atoms with Gasteiger partial charge in [0.05, 0.1) is 16.8 Å². The summed E-state index contributed by atoms with van der Waals surface area (Å²) < 4.78 is 6.44. The normalized spacial score (nSPS) is 10.5. The van der Waals surface area contributed by atoms with Crippen molar-refractivity contribution in [3.63, 3.8) is 0 Å². The Balaban J connectivity index is 1.49. The minimum atomic E-state index is -0.149. The Hall–Kier alpha value is -2.67. The molecule has 0 fully saturated rings. The second kappa shape index (κ2) is 7.74. The number of para-hydroxylation sites is 1. The van der Waals surface area contributed by atoms with E-state index in [0.717, 1.165) is 15.3 Å². The van der Waals surface area contributed by atoms with Gasteiger partial charge in [0.25, 0.3) is 5.91 Å². The van der Waals surface area contributed by atoms with Crippen molar-refractivity contribution >= 4 is 32.6 Å². The van der Waals surface area contributed by atoms with Crippen LogP contribution in [0.3, 0.4) is 0 Å². The number of ether oxygens (including phenoxy) is 1. The topological polar surface area (TPSA) is 76.1 Å². The molecule has 6 nitrogen and oxygen atoms in total. The quantitative estimate of drug-likeness (QED) is 0.646. The number of carbonyl (C=O) groups excluding carboxylic acids is 1. The third kappa shape index (κ3) is 3.99. The number of hydrogen-bond acceptors (Lipinski definition) is 6. The molecular formula is C17H18N4O2S. The summed E-state index contributed by atoms with van der Waals surface area (Å²) in [6.45, 7) is 3.50. The van der Waals surface area contributed by atoms with Gasteiger partial charge in [0.1, 0.15) is 0 Å². The van der Waals surface area contributed by atoms with Crippen LogP contribution in [-0.4, -0.2) is 35.6 Å². The van der Waals surface area contributed by atoms with E-state index in [9.17, 15) is 4.79 Å². The molecule has 0 atom stereocenters. The molecule has 7 heteroatoms. The monoisotopic (exact) mass is 342 g/mol. The van der Waals surface area contributed by atoms with Crippen LogP contribution in [0.5, 0.6) is 5.88 Å². The number of carbonyl (C=O) groups is 1. The summed E-state index contributed by atoms with van der Waals surface area (Å²) in [7, 11) is 0. The largest absolute Gasteiger partial charge is 0.478 e. The SMILES string of the molecule is CCOc1cc(C(=O)NCCNc2nc3ccccc3s2)ccn1. The molecule has 0 unspecified atom stereocenters. The molecule has 0 radical (unpaired) electrons. The number of thiazole rings is 1. The van der Waals surface area contributed by atoms with Gasteiger partial charge in [-0.25, -0.2) is 9.97 Å². The lowest BCUT2D eigenvalue weighted by molar-refractivity contribution is 0.0954. The third-order valence-corrected chi connectivity index (χ3v) is 4.26.